The third-order valence-corrected chi connectivity index (χ3v) is 7.73. The van der Waals surface area contributed by atoms with Crippen LogP contribution in [0.3, 0.4) is 0 Å². The van der Waals surface area contributed by atoms with Crippen LogP contribution in [0.15, 0.2) is 48.5 Å². The first kappa shape index (κ1) is 17.9. The summed E-state index contributed by atoms with van der Waals surface area (Å²) in [4.78, 5) is 12.2. The van der Waals surface area contributed by atoms with Gasteiger partial charge in [-0.1, -0.05) is 43.3 Å². The lowest BCUT2D eigenvalue weighted by Gasteiger charge is -2.49. The van der Waals surface area contributed by atoms with Crippen LogP contribution in [0.4, 0.5) is 0 Å². The zero-order valence-corrected chi connectivity index (χ0v) is 16.4. The van der Waals surface area contributed by atoms with Crippen molar-refractivity contribution in [1.29, 1.82) is 0 Å². The fourth-order valence-corrected chi connectivity index (χ4v) is 6.16. The molecule has 5 atom stereocenters. The maximum Gasteiger partial charge on any atom is 0.162 e. The molecule has 0 saturated heterocycles. The molecule has 0 amide bonds. The fourth-order valence-electron chi connectivity index (χ4n) is 6.16. The minimum Gasteiger partial charge on any atom is -0.489 e. The van der Waals surface area contributed by atoms with Gasteiger partial charge in [-0.3, -0.25) is 4.79 Å². The second kappa shape index (κ2) is 6.73. The maximum absolute atomic E-state index is 12.2. The number of carbonyl (C=O) groups excluding carboxylic acids is 1. The fraction of sp³-hybridized carbons (Fsp3) is 0.480. The SMILES string of the molecule is C[C@]12CC[C@@H]3c4ccc(OCc5ccccc5)cc4CC[C@H]3[C@@H]1CC(=O)[C@@H]2O. The summed E-state index contributed by atoms with van der Waals surface area (Å²) in [5, 5.41) is 10.5. The summed E-state index contributed by atoms with van der Waals surface area (Å²) in [6.07, 6.45) is 3.97. The van der Waals surface area contributed by atoms with Gasteiger partial charge in [0.15, 0.2) is 5.78 Å². The van der Waals surface area contributed by atoms with E-state index in [1.807, 2.05) is 18.2 Å². The highest BCUT2D eigenvalue weighted by Crippen LogP contribution is 2.60. The van der Waals surface area contributed by atoms with Crippen LogP contribution in [0.5, 0.6) is 5.75 Å². The summed E-state index contributed by atoms with van der Waals surface area (Å²) in [6.45, 7) is 2.73. The first-order valence-electron chi connectivity index (χ1n) is 10.6. The number of aliphatic hydroxyl groups excluding tert-OH is 1. The van der Waals surface area contributed by atoms with Gasteiger partial charge in [0.25, 0.3) is 0 Å². The van der Waals surface area contributed by atoms with E-state index in [4.69, 9.17) is 4.74 Å². The van der Waals surface area contributed by atoms with Crippen LogP contribution in [-0.2, 0) is 17.8 Å². The van der Waals surface area contributed by atoms with Crippen LogP contribution >= 0.6 is 0 Å². The molecule has 0 aliphatic heterocycles. The molecule has 5 rings (SSSR count). The molecule has 2 saturated carbocycles. The van der Waals surface area contributed by atoms with Gasteiger partial charge >= 0.3 is 0 Å². The van der Waals surface area contributed by atoms with E-state index in [0.29, 0.717) is 30.8 Å². The van der Waals surface area contributed by atoms with E-state index in [9.17, 15) is 9.90 Å². The van der Waals surface area contributed by atoms with E-state index in [2.05, 4.69) is 37.3 Å². The van der Waals surface area contributed by atoms with Crippen LogP contribution in [-0.4, -0.2) is 17.0 Å². The van der Waals surface area contributed by atoms with Crippen molar-refractivity contribution in [3.63, 3.8) is 0 Å². The number of fused-ring (bicyclic) bond motifs is 5. The molecule has 2 fully saturated rings. The van der Waals surface area contributed by atoms with Crippen LogP contribution in [0, 0.1) is 17.3 Å². The molecule has 3 heteroatoms. The number of aliphatic hydroxyl groups is 1. The first-order chi connectivity index (χ1) is 13.6. The number of ether oxygens (including phenoxy) is 1. The van der Waals surface area contributed by atoms with E-state index in [-0.39, 0.29) is 11.2 Å². The predicted molar refractivity (Wildman–Crippen MR) is 108 cm³/mol. The first-order valence-corrected chi connectivity index (χ1v) is 10.6. The van der Waals surface area contributed by atoms with Crippen molar-refractivity contribution in [2.75, 3.05) is 0 Å². The summed E-state index contributed by atoms with van der Waals surface area (Å²) in [5.74, 6) is 2.36. The van der Waals surface area contributed by atoms with Gasteiger partial charge in [0.2, 0.25) is 0 Å². The van der Waals surface area contributed by atoms with Crippen LogP contribution in [0.25, 0.3) is 0 Å². The smallest absolute Gasteiger partial charge is 0.162 e. The Bertz CT molecular complexity index is 890. The third-order valence-electron chi connectivity index (χ3n) is 7.73. The molecule has 3 nitrogen and oxygen atoms in total. The highest BCUT2D eigenvalue weighted by molar-refractivity contribution is 5.86. The number of benzene rings is 2. The largest absolute Gasteiger partial charge is 0.489 e. The topological polar surface area (TPSA) is 46.5 Å². The summed E-state index contributed by atoms with van der Waals surface area (Å²) in [5.41, 5.74) is 3.81. The number of rotatable bonds is 3. The molecule has 0 bridgehead atoms. The minimum atomic E-state index is -0.756. The highest BCUT2D eigenvalue weighted by atomic mass is 16.5. The van der Waals surface area contributed by atoms with Crippen LogP contribution in [0.2, 0.25) is 0 Å². The summed E-state index contributed by atoms with van der Waals surface area (Å²) >= 11 is 0. The molecule has 1 N–H and O–H groups in total. The Hall–Kier alpha value is -2.13. The van der Waals surface area contributed by atoms with Crippen molar-refractivity contribution < 1.29 is 14.6 Å². The number of aryl methyl sites for hydroxylation is 1. The Morgan fingerprint density at radius 1 is 1.14 bits per heavy atom. The number of hydrogen-bond acceptors (Lipinski definition) is 3. The van der Waals surface area contributed by atoms with Crippen LogP contribution in [0.1, 0.15) is 55.2 Å². The number of carbonyl (C=O) groups is 1. The van der Waals surface area contributed by atoms with Gasteiger partial charge in [0.05, 0.1) is 0 Å². The molecule has 0 radical (unpaired) electrons. The maximum atomic E-state index is 12.2. The lowest BCUT2D eigenvalue weighted by atomic mass is 9.55. The van der Waals surface area contributed by atoms with Crippen molar-refractivity contribution in [2.24, 2.45) is 17.3 Å². The Balaban J connectivity index is 1.36. The molecule has 0 heterocycles. The Kier molecular flexibility index (Phi) is 4.31. The lowest BCUT2D eigenvalue weighted by Crippen LogP contribution is -2.44. The van der Waals surface area contributed by atoms with Gasteiger partial charge in [0.1, 0.15) is 18.5 Å². The Morgan fingerprint density at radius 3 is 2.79 bits per heavy atom. The van der Waals surface area contributed by atoms with E-state index in [1.54, 1.807) is 0 Å². The van der Waals surface area contributed by atoms with Crippen LogP contribution < -0.4 is 4.74 Å². The van der Waals surface area contributed by atoms with Gasteiger partial charge in [-0.25, -0.2) is 0 Å². The normalized spacial score (nSPS) is 33.7. The summed E-state index contributed by atoms with van der Waals surface area (Å²) < 4.78 is 6.03. The van der Waals surface area contributed by atoms with Gasteiger partial charge < -0.3 is 9.84 Å². The average Bonchev–Trinajstić information content (AvgIpc) is 2.96. The molecule has 2 aromatic rings. The molecular weight excluding hydrogens is 348 g/mol. The monoisotopic (exact) mass is 376 g/mol. The molecular formula is C25H28O3. The second-order valence-corrected chi connectivity index (χ2v) is 9.17. The lowest BCUT2D eigenvalue weighted by molar-refractivity contribution is -0.128. The van der Waals surface area contributed by atoms with E-state index in [1.165, 1.54) is 16.7 Å². The van der Waals surface area contributed by atoms with Crippen molar-refractivity contribution in [2.45, 2.75) is 57.7 Å². The second-order valence-electron chi connectivity index (χ2n) is 9.17. The van der Waals surface area contributed by atoms with E-state index in [0.717, 1.165) is 31.4 Å². The minimum absolute atomic E-state index is 0.0589. The van der Waals surface area contributed by atoms with Gasteiger partial charge in [-0.2, -0.15) is 0 Å². The van der Waals surface area contributed by atoms with Crippen molar-refractivity contribution in [3.8, 4) is 5.75 Å². The standard InChI is InChI=1S/C25H28O3/c1-25-12-11-20-19-10-8-18(28-15-16-5-3-2-4-6-16)13-17(19)7-9-21(20)22(25)14-23(26)24(25)27/h2-6,8,10,13,20-22,24,27H,7,9,11-12,14-15H2,1H3/t20-,21-,22+,24+,25+/m1/s1. The van der Waals surface area contributed by atoms with Gasteiger partial charge in [0, 0.05) is 11.8 Å². The zero-order chi connectivity index (χ0) is 19.3. The summed E-state index contributed by atoms with van der Waals surface area (Å²) in [6, 6.07) is 16.8. The zero-order valence-electron chi connectivity index (χ0n) is 16.4. The Labute approximate surface area is 166 Å². The molecule has 2 aromatic carbocycles. The van der Waals surface area contributed by atoms with Gasteiger partial charge in [-0.15, -0.1) is 0 Å². The molecule has 28 heavy (non-hydrogen) atoms. The quantitative estimate of drug-likeness (QED) is 0.847. The molecule has 3 aliphatic rings. The summed E-state index contributed by atoms with van der Waals surface area (Å²) in [7, 11) is 0. The predicted octanol–water partition coefficient (Wildman–Crippen LogP) is 4.66. The molecule has 3 aliphatic carbocycles. The number of ketones is 1. The molecule has 0 aromatic heterocycles. The Morgan fingerprint density at radius 2 is 1.96 bits per heavy atom. The average molecular weight is 376 g/mol. The van der Waals surface area contributed by atoms with E-state index < -0.39 is 6.10 Å². The van der Waals surface area contributed by atoms with E-state index >= 15 is 0 Å². The molecule has 146 valence electrons. The number of hydrogen-bond donors (Lipinski definition) is 1. The number of Topliss-reactive ketones (excluding diaryl/α,β-unsaturated/α-hetero) is 1. The van der Waals surface area contributed by atoms with Crippen molar-refractivity contribution in [3.05, 3.63) is 65.2 Å². The third kappa shape index (κ3) is 2.79. The van der Waals surface area contributed by atoms with Gasteiger partial charge in [-0.05, 0) is 72.3 Å². The molecule has 0 unspecified atom stereocenters. The van der Waals surface area contributed by atoms with Crippen molar-refractivity contribution in [1.82, 2.24) is 0 Å². The molecule has 0 spiro atoms. The highest BCUT2D eigenvalue weighted by Gasteiger charge is 2.57. The van der Waals surface area contributed by atoms with Crippen molar-refractivity contribution >= 4 is 5.78 Å².